The van der Waals surface area contributed by atoms with Gasteiger partial charge in [0.2, 0.25) is 0 Å². The molecular weight excluding hydrogens is 246 g/mol. The van der Waals surface area contributed by atoms with Crippen molar-refractivity contribution in [1.82, 2.24) is 4.98 Å². The van der Waals surface area contributed by atoms with E-state index in [4.69, 9.17) is 5.11 Å². The Labute approximate surface area is 101 Å². The van der Waals surface area contributed by atoms with Crippen LogP contribution in [0.1, 0.15) is 6.92 Å². The molecule has 0 amide bonds. The first-order chi connectivity index (χ1) is 7.99. The molecule has 2 heterocycles. The van der Waals surface area contributed by atoms with Crippen LogP contribution in [0.4, 0.5) is 10.1 Å². The Morgan fingerprint density at radius 3 is 2.88 bits per heavy atom. The van der Waals surface area contributed by atoms with E-state index in [1.165, 1.54) is 6.20 Å². The summed E-state index contributed by atoms with van der Waals surface area (Å²) in [4.78, 5) is 26.7. The van der Waals surface area contributed by atoms with Crippen molar-refractivity contribution in [2.24, 2.45) is 11.8 Å². The minimum Gasteiger partial charge on any atom is -0.481 e. The summed E-state index contributed by atoms with van der Waals surface area (Å²) in [6.45, 7) is 2.80. The summed E-state index contributed by atoms with van der Waals surface area (Å²) < 4.78 is 0. The van der Waals surface area contributed by atoms with Gasteiger partial charge in [-0.3, -0.25) is 14.9 Å². The summed E-state index contributed by atoms with van der Waals surface area (Å²) >= 11 is 0.977. The highest BCUT2D eigenvalue weighted by Gasteiger charge is 2.36. The number of nitrogens with zero attached hydrogens (tertiary/aromatic N) is 3. The lowest BCUT2D eigenvalue weighted by atomic mass is 9.99. The lowest BCUT2D eigenvalue weighted by Crippen LogP contribution is -2.22. The van der Waals surface area contributed by atoms with E-state index in [9.17, 15) is 14.9 Å². The Bertz CT molecular complexity index is 461. The molecule has 1 aromatic rings. The van der Waals surface area contributed by atoms with Gasteiger partial charge < -0.3 is 10.0 Å². The van der Waals surface area contributed by atoms with Crippen LogP contribution < -0.4 is 4.90 Å². The topological polar surface area (TPSA) is 96.6 Å². The first kappa shape index (κ1) is 11.8. The maximum Gasteiger partial charge on any atom is 0.345 e. The number of hydrogen-bond acceptors (Lipinski definition) is 6. The maximum absolute atomic E-state index is 11.0. The van der Waals surface area contributed by atoms with Gasteiger partial charge in [-0.05, 0) is 17.3 Å². The van der Waals surface area contributed by atoms with E-state index in [0.717, 1.165) is 11.3 Å². The van der Waals surface area contributed by atoms with Gasteiger partial charge in [0.25, 0.3) is 0 Å². The monoisotopic (exact) mass is 257 g/mol. The smallest absolute Gasteiger partial charge is 0.345 e. The van der Waals surface area contributed by atoms with Gasteiger partial charge in [-0.1, -0.05) is 6.92 Å². The van der Waals surface area contributed by atoms with Crippen molar-refractivity contribution >= 4 is 27.4 Å². The molecule has 0 bridgehead atoms. The van der Waals surface area contributed by atoms with Gasteiger partial charge in [-0.2, -0.15) is 0 Å². The van der Waals surface area contributed by atoms with Crippen LogP contribution in [0, 0.1) is 22.0 Å². The molecule has 1 fully saturated rings. The molecule has 1 aromatic heterocycles. The molecule has 1 N–H and O–H groups in total. The average molecular weight is 257 g/mol. The second kappa shape index (κ2) is 4.28. The van der Waals surface area contributed by atoms with E-state index in [2.05, 4.69) is 4.98 Å². The number of carboxylic acid groups (broad SMARTS) is 1. The number of carboxylic acids is 1. The molecule has 1 aliphatic heterocycles. The number of nitro groups is 1. The summed E-state index contributed by atoms with van der Waals surface area (Å²) in [5.41, 5.74) is 0. The Morgan fingerprint density at radius 1 is 1.71 bits per heavy atom. The van der Waals surface area contributed by atoms with Gasteiger partial charge in [0.15, 0.2) is 5.13 Å². The van der Waals surface area contributed by atoms with E-state index in [1.54, 1.807) is 4.90 Å². The SMILES string of the molecule is CC1CN(c2ncc([N+](=O)[O-])s2)CC1C(=O)O. The Kier molecular flexibility index (Phi) is 2.97. The predicted octanol–water partition coefficient (Wildman–Crippen LogP) is 1.21. The highest BCUT2D eigenvalue weighted by atomic mass is 32.1. The van der Waals surface area contributed by atoms with Gasteiger partial charge in [0, 0.05) is 13.1 Å². The van der Waals surface area contributed by atoms with E-state index in [-0.39, 0.29) is 10.9 Å². The summed E-state index contributed by atoms with van der Waals surface area (Å²) in [5.74, 6) is -1.24. The molecule has 8 heteroatoms. The van der Waals surface area contributed by atoms with Crippen molar-refractivity contribution in [1.29, 1.82) is 0 Å². The second-order valence-corrected chi connectivity index (χ2v) is 5.05. The Morgan fingerprint density at radius 2 is 2.41 bits per heavy atom. The van der Waals surface area contributed by atoms with Crippen molar-refractivity contribution in [2.45, 2.75) is 6.92 Å². The Hall–Kier alpha value is -1.70. The molecule has 17 heavy (non-hydrogen) atoms. The fourth-order valence-electron chi connectivity index (χ4n) is 1.93. The van der Waals surface area contributed by atoms with E-state index in [0.29, 0.717) is 18.2 Å². The fourth-order valence-corrected chi connectivity index (χ4v) is 2.68. The van der Waals surface area contributed by atoms with Crippen LogP contribution in [0.15, 0.2) is 6.20 Å². The van der Waals surface area contributed by atoms with Crippen molar-refractivity contribution < 1.29 is 14.8 Å². The number of thiazole rings is 1. The highest BCUT2D eigenvalue weighted by Crippen LogP contribution is 2.33. The van der Waals surface area contributed by atoms with Crippen molar-refractivity contribution in [2.75, 3.05) is 18.0 Å². The molecule has 0 radical (unpaired) electrons. The average Bonchev–Trinajstić information content (AvgIpc) is 2.82. The first-order valence-electron chi connectivity index (χ1n) is 5.07. The zero-order valence-corrected chi connectivity index (χ0v) is 9.88. The first-order valence-corrected chi connectivity index (χ1v) is 5.88. The predicted molar refractivity (Wildman–Crippen MR) is 61.3 cm³/mol. The third-order valence-corrected chi connectivity index (χ3v) is 3.87. The standard InChI is InChI=1S/C9H11N3O4S/c1-5-3-11(4-6(5)8(13)14)9-10-2-7(17-9)12(15)16/h2,5-6H,3-4H2,1H3,(H,13,14). The molecule has 7 nitrogen and oxygen atoms in total. The number of hydrogen-bond donors (Lipinski definition) is 1. The van der Waals surface area contributed by atoms with Crippen LogP contribution in [0.3, 0.4) is 0 Å². The molecule has 2 rings (SSSR count). The third kappa shape index (κ3) is 2.21. The maximum atomic E-state index is 11.0. The molecule has 0 saturated carbocycles. The van der Waals surface area contributed by atoms with Crippen LogP contribution in [0.25, 0.3) is 0 Å². The zero-order chi connectivity index (χ0) is 12.6. The zero-order valence-electron chi connectivity index (χ0n) is 9.07. The Balaban J connectivity index is 2.14. The fraction of sp³-hybridized carbons (Fsp3) is 0.556. The van der Waals surface area contributed by atoms with Gasteiger partial charge >= 0.3 is 11.0 Å². The molecule has 1 aliphatic rings. The normalized spacial score (nSPS) is 23.9. The number of carbonyl (C=O) groups is 1. The summed E-state index contributed by atoms with van der Waals surface area (Å²) in [7, 11) is 0. The lowest BCUT2D eigenvalue weighted by molar-refractivity contribution is -0.380. The molecule has 0 aromatic carbocycles. The van der Waals surface area contributed by atoms with Gasteiger partial charge in [-0.15, -0.1) is 0 Å². The molecule has 1 saturated heterocycles. The second-order valence-electron chi connectivity index (χ2n) is 4.07. The minimum atomic E-state index is -0.828. The van der Waals surface area contributed by atoms with E-state index in [1.807, 2.05) is 6.92 Å². The number of aromatic nitrogens is 1. The summed E-state index contributed by atoms with van der Waals surface area (Å²) in [5, 5.41) is 20.0. The van der Waals surface area contributed by atoms with Gasteiger partial charge in [0.05, 0.1) is 10.8 Å². The molecule has 2 atom stereocenters. The molecule has 2 unspecified atom stereocenters. The molecule has 92 valence electrons. The van der Waals surface area contributed by atoms with Crippen LogP contribution in [-0.2, 0) is 4.79 Å². The van der Waals surface area contributed by atoms with Crippen LogP contribution >= 0.6 is 11.3 Å². The number of anilines is 1. The van der Waals surface area contributed by atoms with Crippen molar-refractivity contribution in [3.8, 4) is 0 Å². The van der Waals surface area contributed by atoms with E-state index < -0.39 is 16.8 Å². The van der Waals surface area contributed by atoms with Crippen LogP contribution in [0.2, 0.25) is 0 Å². The highest BCUT2D eigenvalue weighted by molar-refractivity contribution is 7.18. The van der Waals surface area contributed by atoms with Gasteiger partial charge in [0.1, 0.15) is 6.20 Å². The van der Waals surface area contributed by atoms with E-state index >= 15 is 0 Å². The molecular formula is C9H11N3O4S. The van der Waals surface area contributed by atoms with Gasteiger partial charge in [-0.25, -0.2) is 4.98 Å². The van der Waals surface area contributed by atoms with Crippen molar-refractivity contribution in [3.63, 3.8) is 0 Å². The molecule has 0 aliphatic carbocycles. The van der Waals surface area contributed by atoms with Crippen LogP contribution in [0.5, 0.6) is 0 Å². The number of aliphatic carboxylic acids is 1. The lowest BCUT2D eigenvalue weighted by Gasteiger charge is -2.12. The summed E-state index contributed by atoms with van der Waals surface area (Å²) in [6, 6.07) is 0. The largest absolute Gasteiger partial charge is 0.481 e. The van der Waals surface area contributed by atoms with Crippen LogP contribution in [-0.4, -0.2) is 34.1 Å². The number of rotatable bonds is 3. The third-order valence-electron chi connectivity index (χ3n) is 2.86. The van der Waals surface area contributed by atoms with Crippen molar-refractivity contribution in [3.05, 3.63) is 16.3 Å². The minimum absolute atomic E-state index is 0.0218. The molecule has 0 spiro atoms. The summed E-state index contributed by atoms with van der Waals surface area (Å²) in [6.07, 6.45) is 1.21. The quantitative estimate of drug-likeness (QED) is 0.645.